The summed E-state index contributed by atoms with van der Waals surface area (Å²) in [6.45, 7) is 2.24. The Morgan fingerprint density at radius 1 is 0.773 bits per heavy atom. The van der Waals surface area contributed by atoms with Crippen molar-refractivity contribution in [2.75, 3.05) is 0 Å². The number of rotatable bonds is 12. The maximum atomic E-state index is 11.8. The highest BCUT2D eigenvalue weighted by Gasteiger charge is 2.33. The molecule has 0 atom stereocenters. The Bertz CT molecular complexity index is 349. The summed E-state index contributed by atoms with van der Waals surface area (Å²) in [5, 5.41) is 0. The monoisotopic (exact) mass is 309 g/mol. The predicted octanol–water partition coefficient (Wildman–Crippen LogP) is 4.36. The molecular weight excluding hydrogens is 278 g/mol. The number of nitrogens with zero attached hydrogens (tertiary/aromatic N) is 1. The molecule has 1 saturated heterocycles. The second-order valence-electron chi connectivity index (χ2n) is 6.30. The molecule has 0 spiro atoms. The summed E-state index contributed by atoms with van der Waals surface area (Å²) in [6, 6.07) is 0. The molecule has 0 radical (unpaired) electrons. The molecular formula is C18H31NO3. The van der Waals surface area contributed by atoms with E-state index >= 15 is 0 Å². The lowest BCUT2D eigenvalue weighted by atomic mass is 10.1. The predicted molar refractivity (Wildman–Crippen MR) is 87.2 cm³/mol. The molecule has 22 heavy (non-hydrogen) atoms. The molecule has 3 amide bonds. The van der Waals surface area contributed by atoms with E-state index in [0.29, 0.717) is 6.42 Å². The number of carbonyl (C=O) groups is 3. The van der Waals surface area contributed by atoms with Gasteiger partial charge in [0.25, 0.3) is 0 Å². The van der Waals surface area contributed by atoms with Gasteiger partial charge in [-0.05, 0) is 6.42 Å². The van der Waals surface area contributed by atoms with Gasteiger partial charge in [0.2, 0.25) is 17.7 Å². The van der Waals surface area contributed by atoms with Crippen molar-refractivity contribution in [2.24, 2.45) is 0 Å². The highest BCUT2D eigenvalue weighted by atomic mass is 16.2. The molecule has 1 fully saturated rings. The third-order valence-electron chi connectivity index (χ3n) is 4.30. The van der Waals surface area contributed by atoms with Crippen molar-refractivity contribution in [3.8, 4) is 0 Å². The van der Waals surface area contributed by atoms with Gasteiger partial charge in [-0.1, -0.05) is 71.1 Å². The van der Waals surface area contributed by atoms with Crippen molar-refractivity contribution in [2.45, 2.75) is 96.8 Å². The Kier molecular flexibility index (Phi) is 9.76. The van der Waals surface area contributed by atoms with Crippen molar-refractivity contribution < 1.29 is 14.4 Å². The number of amides is 3. The molecule has 4 nitrogen and oxygen atoms in total. The van der Waals surface area contributed by atoms with Gasteiger partial charge < -0.3 is 0 Å². The van der Waals surface area contributed by atoms with Crippen LogP contribution in [0.2, 0.25) is 0 Å². The van der Waals surface area contributed by atoms with Crippen LogP contribution in [0.3, 0.4) is 0 Å². The van der Waals surface area contributed by atoms with E-state index in [1.54, 1.807) is 0 Å². The zero-order valence-corrected chi connectivity index (χ0v) is 14.1. The largest absolute Gasteiger partial charge is 0.274 e. The minimum Gasteiger partial charge on any atom is -0.274 e. The summed E-state index contributed by atoms with van der Waals surface area (Å²) < 4.78 is 0. The van der Waals surface area contributed by atoms with Crippen LogP contribution in [-0.2, 0) is 14.4 Å². The smallest absolute Gasteiger partial charge is 0.236 e. The minimum absolute atomic E-state index is 0.197. The molecule has 0 saturated carbocycles. The van der Waals surface area contributed by atoms with Crippen LogP contribution in [0.4, 0.5) is 0 Å². The van der Waals surface area contributed by atoms with Crippen molar-refractivity contribution in [3.63, 3.8) is 0 Å². The van der Waals surface area contributed by atoms with E-state index in [9.17, 15) is 14.4 Å². The first-order valence-electron chi connectivity index (χ1n) is 9.05. The van der Waals surface area contributed by atoms with E-state index in [2.05, 4.69) is 6.92 Å². The summed E-state index contributed by atoms with van der Waals surface area (Å²) in [5.74, 6) is -0.945. The first kappa shape index (κ1) is 18.9. The van der Waals surface area contributed by atoms with Crippen LogP contribution in [0.15, 0.2) is 0 Å². The van der Waals surface area contributed by atoms with Gasteiger partial charge in [-0.15, -0.1) is 0 Å². The van der Waals surface area contributed by atoms with Gasteiger partial charge in [0.1, 0.15) is 0 Å². The van der Waals surface area contributed by atoms with E-state index in [4.69, 9.17) is 0 Å². The lowest BCUT2D eigenvalue weighted by molar-refractivity contribution is -0.149. The summed E-state index contributed by atoms with van der Waals surface area (Å²) in [5.41, 5.74) is 0. The fourth-order valence-corrected chi connectivity index (χ4v) is 2.91. The molecule has 126 valence electrons. The number of carbonyl (C=O) groups excluding carboxylic acids is 3. The van der Waals surface area contributed by atoms with Gasteiger partial charge >= 0.3 is 0 Å². The molecule has 0 aliphatic carbocycles. The Morgan fingerprint density at radius 2 is 1.18 bits per heavy atom. The highest BCUT2D eigenvalue weighted by molar-refractivity contribution is 6.14. The van der Waals surface area contributed by atoms with Crippen molar-refractivity contribution in [1.29, 1.82) is 0 Å². The third-order valence-corrected chi connectivity index (χ3v) is 4.30. The first-order valence-corrected chi connectivity index (χ1v) is 9.05. The van der Waals surface area contributed by atoms with Crippen LogP contribution in [-0.4, -0.2) is 22.6 Å². The molecule has 0 aromatic carbocycles. The van der Waals surface area contributed by atoms with Crippen LogP contribution in [0, 0.1) is 0 Å². The van der Waals surface area contributed by atoms with Crippen LogP contribution >= 0.6 is 0 Å². The Hall–Kier alpha value is -1.19. The van der Waals surface area contributed by atoms with E-state index < -0.39 is 0 Å². The summed E-state index contributed by atoms with van der Waals surface area (Å²) >= 11 is 0. The maximum absolute atomic E-state index is 11.8. The number of hydrogen-bond donors (Lipinski definition) is 0. The Balaban J connectivity index is 1.92. The van der Waals surface area contributed by atoms with Crippen LogP contribution in [0.1, 0.15) is 96.8 Å². The Morgan fingerprint density at radius 3 is 1.64 bits per heavy atom. The fraction of sp³-hybridized carbons (Fsp3) is 0.833. The standard InChI is InChI=1S/C18H31NO3/c1-2-3-4-5-6-7-8-9-10-11-12-13-16(20)19-17(21)14-15-18(19)22/h2-15H2,1H3. The topological polar surface area (TPSA) is 54.5 Å². The molecule has 1 rings (SSSR count). The van der Waals surface area contributed by atoms with Crippen molar-refractivity contribution in [3.05, 3.63) is 0 Å². The number of likely N-dealkylation sites (tertiary alicyclic amines) is 1. The van der Waals surface area contributed by atoms with E-state index in [-0.39, 0.29) is 30.6 Å². The van der Waals surface area contributed by atoms with Crippen molar-refractivity contribution in [1.82, 2.24) is 4.90 Å². The van der Waals surface area contributed by atoms with Gasteiger partial charge in [0.15, 0.2) is 0 Å². The zero-order chi connectivity index (χ0) is 16.2. The summed E-state index contributed by atoms with van der Waals surface area (Å²) in [7, 11) is 0. The molecule has 1 aliphatic heterocycles. The lowest BCUT2D eigenvalue weighted by Crippen LogP contribution is -2.35. The fourth-order valence-electron chi connectivity index (χ4n) is 2.91. The molecule has 0 unspecified atom stereocenters. The zero-order valence-electron chi connectivity index (χ0n) is 14.1. The quantitative estimate of drug-likeness (QED) is 0.397. The molecule has 1 aliphatic rings. The average Bonchev–Trinajstić information content (AvgIpc) is 2.83. The molecule has 0 bridgehead atoms. The number of unbranched alkanes of at least 4 members (excludes halogenated alkanes) is 10. The van der Waals surface area contributed by atoms with E-state index in [0.717, 1.165) is 24.2 Å². The van der Waals surface area contributed by atoms with E-state index in [1.807, 2.05) is 0 Å². The Labute approximate surface area is 134 Å². The average molecular weight is 309 g/mol. The first-order chi connectivity index (χ1) is 10.7. The molecule has 1 heterocycles. The SMILES string of the molecule is CCCCCCCCCCCCCC(=O)N1C(=O)CCC1=O. The number of imide groups is 3. The van der Waals surface area contributed by atoms with Gasteiger partial charge in [-0.2, -0.15) is 0 Å². The van der Waals surface area contributed by atoms with Gasteiger partial charge in [0, 0.05) is 19.3 Å². The summed E-state index contributed by atoms with van der Waals surface area (Å²) in [4.78, 5) is 35.5. The lowest BCUT2D eigenvalue weighted by Gasteiger charge is -2.11. The van der Waals surface area contributed by atoms with Crippen LogP contribution < -0.4 is 0 Å². The maximum Gasteiger partial charge on any atom is 0.236 e. The number of hydrogen-bond acceptors (Lipinski definition) is 3. The minimum atomic E-state index is -0.321. The highest BCUT2D eigenvalue weighted by Crippen LogP contribution is 2.16. The van der Waals surface area contributed by atoms with Crippen LogP contribution in [0.25, 0.3) is 0 Å². The van der Waals surface area contributed by atoms with Gasteiger partial charge in [-0.25, -0.2) is 4.90 Å². The molecule has 4 heteroatoms. The molecule has 0 aromatic heterocycles. The second-order valence-corrected chi connectivity index (χ2v) is 6.30. The molecule has 0 aromatic rings. The second kappa shape index (κ2) is 11.4. The third kappa shape index (κ3) is 7.19. The van der Waals surface area contributed by atoms with Gasteiger partial charge in [0.05, 0.1) is 0 Å². The molecule has 0 N–H and O–H groups in total. The summed E-state index contributed by atoms with van der Waals surface area (Å²) in [6.07, 6.45) is 14.2. The van der Waals surface area contributed by atoms with Crippen molar-refractivity contribution >= 4 is 17.7 Å². The van der Waals surface area contributed by atoms with Gasteiger partial charge in [-0.3, -0.25) is 14.4 Å². The normalized spacial score (nSPS) is 14.9. The van der Waals surface area contributed by atoms with Crippen LogP contribution in [0.5, 0.6) is 0 Å². The van der Waals surface area contributed by atoms with E-state index in [1.165, 1.54) is 51.4 Å².